The van der Waals surface area contributed by atoms with E-state index in [0.29, 0.717) is 28.9 Å². The number of benzene rings is 2. The van der Waals surface area contributed by atoms with Crippen molar-refractivity contribution in [2.75, 3.05) is 13.1 Å². The first-order valence-electron chi connectivity index (χ1n) is 8.30. The van der Waals surface area contributed by atoms with Crippen LogP contribution in [0.25, 0.3) is 0 Å². The SMILES string of the molecule is N#Cc1ccc(Oc2cc(Cl)cc(Cl)c2)c(S(=O)(=O)N2C[C@H]3C[C@@H]2CN3)c1. The number of sulfonamides is 1. The van der Waals surface area contributed by atoms with Crippen LogP contribution >= 0.6 is 23.2 Å². The van der Waals surface area contributed by atoms with E-state index in [-0.39, 0.29) is 28.3 Å². The van der Waals surface area contributed by atoms with E-state index in [1.165, 1.54) is 22.5 Å². The molecule has 0 amide bonds. The number of fused-ring (bicyclic) bond motifs is 2. The predicted molar refractivity (Wildman–Crippen MR) is 102 cm³/mol. The number of nitriles is 1. The third-order valence-electron chi connectivity index (χ3n) is 4.73. The maximum Gasteiger partial charge on any atom is 0.247 e. The number of rotatable bonds is 4. The maximum atomic E-state index is 13.3. The molecule has 27 heavy (non-hydrogen) atoms. The highest BCUT2D eigenvalue weighted by Gasteiger charge is 2.45. The van der Waals surface area contributed by atoms with Gasteiger partial charge in [-0.1, -0.05) is 23.2 Å². The van der Waals surface area contributed by atoms with E-state index in [1.807, 2.05) is 6.07 Å². The van der Waals surface area contributed by atoms with Gasteiger partial charge in [0.2, 0.25) is 10.0 Å². The molecule has 140 valence electrons. The molecule has 0 radical (unpaired) electrons. The van der Waals surface area contributed by atoms with Crippen LogP contribution in [0, 0.1) is 11.3 Å². The van der Waals surface area contributed by atoms with Gasteiger partial charge in [-0.05, 0) is 42.8 Å². The first-order chi connectivity index (χ1) is 12.9. The molecule has 2 saturated heterocycles. The molecular weight excluding hydrogens is 409 g/mol. The standard InChI is InChI=1S/C18H15Cl2N3O3S/c19-12-4-13(20)6-16(5-12)26-17-2-1-11(8-21)3-18(17)27(24,25)23-10-14-7-15(23)9-22-14/h1-6,14-15,22H,7,9-10H2/t14-,15-/m1/s1. The molecule has 2 heterocycles. The molecule has 0 aliphatic carbocycles. The van der Waals surface area contributed by atoms with Crippen LogP contribution in [-0.2, 0) is 10.0 Å². The summed E-state index contributed by atoms with van der Waals surface area (Å²) in [6.45, 7) is 1.04. The first-order valence-corrected chi connectivity index (χ1v) is 10.5. The van der Waals surface area contributed by atoms with Crippen molar-refractivity contribution < 1.29 is 13.2 Å². The summed E-state index contributed by atoms with van der Waals surface area (Å²) in [5.41, 5.74) is 0.243. The third-order valence-corrected chi connectivity index (χ3v) is 7.11. The van der Waals surface area contributed by atoms with E-state index in [0.717, 1.165) is 6.42 Å². The Morgan fingerprint density at radius 3 is 2.52 bits per heavy atom. The van der Waals surface area contributed by atoms with Gasteiger partial charge in [0.1, 0.15) is 16.4 Å². The van der Waals surface area contributed by atoms with E-state index in [2.05, 4.69) is 5.32 Å². The molecule has 6 nitrogen and oxygen atoms in total. The molecule has 0 aromatic heterocycles. The molecule has 0 unspecified atom stereocenters. The Morgan fingerprint density at radius 2 is 1.93 bits per heavy atom. The number of hydrogen-bond donors (Lipinski definition) is 1. The van der Waals surface area contributed by atoms with Gasteiger partial charge in [-0.15, -0.1) is 0 Å². The van der Waals surface area contributed by atoms with Crippen LogP contribution in [0.15, 0.2) is 41.3 Å². The minimum Gasteiger partial charge on any atom is -0.456 e. The van der Waals surface area contributed by atoms with Gasteiger partial charge in [-0.3, -0.25) is 0 Å². The van der Waals surface area contributed by atoms with E-state index in [9.17, 15) is 13.7 Å². The van der Waals surface area contributed by atoms with Crippen molar-refractivity contribution >= 4 is 33.2 Å². The number of hydrogen-bond acceptors (Lipinski definition) is 5. The van der Waals surface area contributed by atoms with Crippen LogP contribution in [0.3, 0.4) is 0 Å². The molecule has 1 N–H and O–H groups in total. The highest BCUT2D eigenvalue weighted by molar-refractivity contribution is 7.89. The van der Waals surface area contributed by atoms with Crippen molar-refractivity contribution in [3.8, 4) is 17.6 Å². The highest BCUT2D eigenvalue weighted by Crippen LogP contribution is 2.37. The largest absolute Gasteiger partial charge is 0.456 e. The van der Waals surface area contributed by atoms with Gasteiger partial charge in [0.25, 0.3) is 0 Å². The average molecular weight is 424 g/mol. The molecule has 2 atom stereocenters. The second-order valence-electron chi connectivity index (χ2n) is 6.55. The molecule has 2 bridgehead atoms. The molecule has 2 fully saturated rings. The van der Waals surface area contributed by atoms with E-state index in [1.54, 1.807) is 18.2 Å². The normalized spacial score (nSPS) is 22.0. The van der Waals surface area contributed by atoms with Gasteiger partial charge in [-0.25, -0.2) is 8.42 Å². The number of nitrogens with zero attached hydrogens (tertiary/aromatic N) is 2. The Hall–Kier alpha value is -1.82. The Bertz CT molecular complexity index is 1030. The summed E-state index contributed by atoms with van der Waals surface area (Å²) in [5.74, 6) is 0.446. The Labute approximate surface area is 167 Å². The fourth-order valence-corrected chi connectivity index (χ4v) is 5.85. The summed E-state index contributed by atoms with van der Waals surface area (Å²) in [4.78, 5) is -0.0369. The van der Waals surface area contributed by atoms with Crippen LogP contribution in [0.4, 0.5) is 0 Å². The maximum absolute atomic E-state index is 13.3. The van der Waals surface area contributed by atoms with Gasteiger partial charge in [-0.2, -0.15) is 9.57 Å². The van der Waals surface area contributed by atoms with E-state index >= 15 is 0 Å². The number of nitrogens with one attached hydrogen (secondary N) is 1. The van der Waals surface area contributed by atoms with Gasteiger partial charge < -0.3 is 10.1 Å². The second kappa shape index (κ2) is 6.97. The zero-order valence-electron chi connectivity index (χ0n) is 14.0. The minimum absolute atomic E-state index is 0.0369. The molecule has 2 aliphatic rings. The molecule has 2 aromatic carbocycles. The summed E-state index contributed by atoms with van der Waals surface area (Å²) in [6.07, 6.45) is 0.789. The number of ether oxygens (including phenoxy) is 1. The lowest BCUT2D eigenvalue weighted by Crippen LogP contribution is -2.46. The minimum atomic E-state index is -3.82. The van der Waals surface area contributed by atoms with Crippen molar-refractivity contribution in [2.24, 2.45) is 0 Å². The van der Waals surface area contributed by atoms with Crippen LogP contribution in [0.1, 0.15) is 12.0 Å². The molecule has 2 aliphatic heterocycles. The zero-order chi connectivity index (χ0) is 19.2. The summed E-state index contributed by atoms with van der Waals surface area (Å²) >= 11 is 12.0. The molecule has 4 rings (SSSR count). The van der Waals surface area contributed by atoms with E-state index < -0.39 is 10.0 Å². The van der Waals surface area contributed by atoms with Crippen molar-refractivity contribution in [3.05, 3.63) is 52.0 Å². The lowest BCUT2D eigenvalue weighted by molar-refractivity contribution is 0.347. The lowest BCUT2D eigenvalue weighted by atomic mass is 10.2. The summed E-state index contributed by atoms with van der Waals surface area (Å²) in [6, 6.07) is 11.0. The van der Waals surface area contributed by atoms with Gasteiger partial charge in [0, 0.05) is 35.2 Å². The van der Waals surface area contributed by atoms with Gasteiger partial charge in [0.05, 0.1) is 11.6 Å². The Kier molecular flexibility index (Phi) is 4.78. The fraction of sp³-hybridized carbons (Fsp3) is 0.278. The van der Waals surface area contributed by atoms with Crippen molar-refractivity contribution in [2.45, 2.75) is 23.4 Å². The first kappa shape index (κ1) is 18.5. The summed E-state index contributed by atoms with van der Waals surface area (Å²) in [7, 11) is -3.82. The van der Waals surface area contributed by atoms with E-state index in [4.69, 9.17) is 27.9 Å². The summed E-state index contributed by atoms with van der Waals surface area (Å²) < 4.78 is 33.9. The van der Waals surface area contributed by atoms with Crippen LogP contribution in [0.2, 0.25) is 10.0 Å². The van der Waals surface area contributed by atoms with Crippen molar-refractivity contribution in [1.82, 2.24) is 9.62 Å². The second-order valence-corrected chi connectivity index (χ2v) is 9.28. The van der Waals surface area contributed by atoms with Crippen LogP contribution in [0.5, 0.6) is 11.5 Å². The van der Waals surface area contributed by atoms with Crippen LogP contribution < -0.4 is 10.1 Å². The topological polar surface area (TPSA) is 82.4 Å². The predicted octanol–water partition coefficient (Wildman–Crippen LogP) is 3.39. The number of piperazine rings is 1. The molecule has 0 spiro atoms. The molecule has 0 saturated carbocycles. The van der Waals surface area contributed by atoms with Crippen molar-refractivity contribution in [1.29, 1.82) is 5.26 Å². The monoisotopic (exact) mass is 423 g/mol. The van der Waals surface area contributed by atoms with Gasteiger partial charge in [0.15, 0.2) is 0 Å². The Morgan fingerprint density at radius 1 is 1.19 bits per heavy atom. The van der Waals surface area contributed by atoms with Gasteiger partial charge >= 0.3 is 0 Å². The molecule has 2 aromatic rings. The third kappa shape index (κ3) is 3.51. The zero-order valence-corrected chi connectivity index (χ0v) is 16.4. The smallest absolute Gasteiger partial charge is 0.247 e. The molecular formula is C18H15Cl2N3O3S. The Balaban J connectivity index is 1.76. The van der Waals surface area contributed by atoms with Crippen LogP contribution in [-0.4, -0.2) is 37.9 Å². The molecule has 9 heteroatoms. The van der Waals surface area contributed by atoms with Crippen molar-refractivity contribution in [3.63, 3.8) is 0 Å². The fourth-order valence-electron chi connectivity index (χ4n) is 3.52. The quantitative estimate of drug-likeness (QED) is 0.814. The highest BCUT2D eigenvalue weighted by atomic mass is 35.5. The average Bonchev–Trinajstić information content (AvgIpc) is 3.24. The number of halogens is 2. The summed E-state index contributed by atoms with van der Waals surface area (Å²) in [5, 5.41) is 13.2. The lowest BCUT2D eigenvalue weighted by Gasteiger charge is -2.27.